The summed E-state index contributed by atoms with van der Waals surface area (Å²) in [6.45, 7) is 5.92. The van der Waals surface area contributed by atoms with Crippen LogP contribution in [0.5, 0.6) is 6.01 Å². The molecule has 21 heavy (non-hydrogen) atoms. The van der Waals surface area contributed by atoms with E-state index in [1.807, 2.05) is 37.9 Å². The van der Waals surface area contributed by atoms with Crippen LogP contribution < -0.4 is 15.0 Å². The molecular weight excluding hydrogens is 270 g/mol. The second-order valence-corrected chi connectivity index (χ2v) is 4.56. The summed E-state index contributed by atoms with van der Waals surface area (Å²) in [5, 5.41) is 3.09. The van der Waals surface area contributed by atoms with E-state index in [1.165, 1.54) is 0 Å². The average molecular weight is 291 g/mol. The zero-order chi connectivity index (χ0) is 15.1. The third-order valence-corrected chi connectivity index (χ3v) is 2.69. The molecule has 1 N–H and O–H groups in total. The van der Waals surface area contributed by atoms with Crippen molar-refractivity contribution in [2.45, 2.75) is 26.8 Å². The largest absolute Gasteiger partial charge is 0.467 e. The van der Waals surface area contributed by atoms with Gasteiger partial charge in [-0.15, -0.1) is 0 Å². The number of hydrogen-bond acceptors (Lipinski definition) is 7. The molecule has 0 amide bonds. The fraction of sp³-hybridized carbons (Fsp3) is 0.500. The Morgan fingerprint density at radius 2 is 2.14 bits per heavy atom. The smallest absolute Gasteiger partial charge is 0.323 e. The maximum atomic E-state index is 5.52. The third-order valence-electron chi connectivity index (χ3n) is 2.69. The van der Waals surface area contributed by atoms with Crippen molar-refractivity contribution in [3.63, 3.8) is 0 Å². The van der Waals surface area contributed by atoms with Gasteiger partial charge >= 0.3 is 6.01 Å². The van der Waals surface area contributed by atoms with E-state index < -0.39 is 0 Å². The maximum absolute atomic E-state index is 5.52. The van der Waals surface area contributed by atoms with Crippen LogP contribution in [0.15, 0.2) is 22.8 Å². The van der Waals surface area contributed by atoms with Gasteiger partial charge in [-0.1, -0.05) is 6.92 Å². The van der Waals surface area contributed by atoms with Gasteiger partial charge in [0, 0.05) is 13.6 Å². The predicted molar refractivity (Wildman–Crippen MR) is 80.6 cm³/mol. The van der Waals surface area contributed by atoms with Crippen molar-refractivity contribution in [3.05, 3.63) is 24.2 Å². The Morgan fingerprint density at radius 3 is 2.81 bits per heavy atom. The van der Waals surface area contributed by atoms with Crippen molar-refractivity contribution < 1.29 is 9.15 Å². The van der Waals surface area contributed by atoms with E-state index in [0.717, 1.165) is 18.7 Å². The number of ether oxygens (including phenoxy) is 1. The monoisotopic (exact) mass is 291 g/mol. The molecule has 0 saturated carbocycles. The fourth-order valence-electron chi connectivity index (χ4n) is 1.72. The Balaban J connectivity index is 2.17. The van der Waals surface area contributed by atoms with E-state index in [4.69, 9.17) is 9.15 Å². The van der Waals surface area contributed by atoms with E-state index in [2.05, 4.69) is 20.3 Å². The number of hydrogen-bond donors (Lipinski definition) is 1. The second-order valence-electron chi connectivity index (χ2n) is 4.56. The lowest BCUT2D eigenvalue weighted by molar-refractivity contribution is 0.292. The van der Waals surface area contributed by atoms with Crippen molar-refractivity contribution in [2.24, 2.45) is 0 Å². The molecule has 2 aromatic rings. The molecule has 2 heterocycles. The van der Waals surface area contributed by atoms with Crippen LogP contribution in [0.3, 0.4) is 0 Å². The quantitative estimate of drug-likeness (QED) is 0.799. The van der Waals surface area contributed by atoms with Crippen LogP contribution in [-0.2, 0) is 6.54 Å². The molecule has 0 unspecified atom stereocenters. The van der Waals surface area contributed by atoms with E-state index in [0.29, 0.717) is 31.1 Å². The van der Waals surface area contributed by atoms with Gasteiger partial charge in [-0.05, 0) is 25.5 Å². The first kappa shape index (κ1) is 15.1. The minimum absolute atomic E-state index is 0.337. The highest BCUT2D eigenvalue weighted by Gasteiger charge is 2.12. The van der Waals surface area contributed by atoms with Crippen molar-refractivity contribution in [1.29, 1.82) is 0 Å². The highest BCUT2D eigenvalue weighted by atomic mass is 16.5. The first-order valence-corrected chi connectivity index (χ1v) is 7.09. The second kappa shape index (κ2) is 7.47. The van der Waals surface area contributed by atoms with Gasteiger partial charge in [0.1, 0.15) is 5.76 Å². The molecule has 0 aliphatic heterocycles. The van der Waals surface area contributed by atoms with E-state index in [-0.39, 0.29) is 0 Å². The normalized spacial score (nSPS) is 10.4. The Bertz CT molecular complexity index is 544. The predicted octanol–water partition coefficient (Wildman–Crippen LogP) is 2.32. The SMILES string of the molecule is CCCOc1nc(NCC)nc(N(C)Cc2ccco2)n1. The van der Waals surface area contributed by atoms with Crippen LogP contribution >= 0.6 is 0 Å². The van der Waals surface area contributed by atoms with Gasteiger partial charge < -0.3 is 19.4 Å². The van der Waals surface area contributed by atoms with Crippen LogP contribution in [-0.4, -0.2) is 35.2 Å². The van der Waals surface area contributed by atoms with Gasteiger partial charge in [0.25, 0.3) is 0 Å². The number of rotatable bonds is 8. The molecule has 0 aliphatic rings. The van der Waals surface area contributed by atoms with Crippen molar-refractivity contribution >= 4 is 11.9 Å². The summed E-state index contributed by atoms with van der Waals surface area (Å²) in [4.78, 5) is 14.8. The van der Waals surface area contributed by atoms with Crippen molar-refractivity contribution in [2.75, 3.05) is 30.4 Å². The summed E-state index contributed by atoms with van der Waals surface area (Å²) in [7, 11) is 1.90. The zero-order valence-corrected chi connectivity index (χ0v) is 12.7. The van der Waals surface area contributed by atoms with Gasteiger partial charge in [0.2, 0.25) is 11.9 Å². The molecule has 0 saturated heterocycles. The Hall–Kier alpha value is -2.31. The highest BCUT2D eigenvalue weighted by Crippen LogP contribution is 2.16. The topological polar surface area (TPSA) is 76.3 Å². The molecule has 0 atom stereocenters. The number of anilines is 2. The lowest BCUT2D eigenvalue weighted by Crippen LogP contribution is -2.20. The molecular formula is C14H21N5O2. The lowest BCUT2D eigenvalue weighted by atomic mass is 10.4. The number of nitrogens with one attached hydrogen (secondary N) is 1. The van der Waals surface area contributed by atoms with E-state index >= 15 is 0 Å². The van der Waals surface area contributed by atoms with Crippen molar-refractivity contribution in [3.8, 4) is 6.01 Å². The summed E-state index contributed by atoms with van der Waals surface area (Å²) in [6.07, 6.45) is 2.55. The fourth-order valence-corrected chi connectivity index (χ4v) is 1.72. The van der Waals surface area contributed by atoms with Crippen LogP contribution in [0.1, 0.15) is 26.0 Å². The van der Waals surface area contributed by atoms with Gasteiger partial charge in [-0.2, -0.15) is 15.0 Å². The molecule has 0 spiro atoms. The number of aromatic nitrogens is 3. The Labute approximate surface area is 124 Å². The molecule has 7 nitrogen and oxygen atoms in total. The lowest BCUT2D eigenvalue weighted by Gasteiger charge is -2.17. The summed E-state index contributed by atoms with van der Waals surface area (Å²) >= 11 is 0. The van der Waals surface area contributed by atoms with Crippen LogP contribution in [0.4, 0.5) is 11.9 Å². The molecule has 0 aromatic carbocycles. The minimum Gasteiger partial charge on any atom is -0.467 e. The molecule has 2 rings (SSSR count). The van der Waals surface area contributed by atoms with Crippen LogP contribution in [0.2, 0.25) is 0 Å². The summed E-state index contributed by atoms with van der Waals surface area (Å²) in [5.74, 6) is 1.90. The van der Waals surface area contributed by atoms with Crippen LogP contribution in [0.25, 0.3) is 0 Å². The Kier molecular flexibility index (Phi) is 5.36. The molecule has 114 valence electrons. The van der Waals surface area contributed by atoms with Gasteiger partial charge in [0.05, 0.1) is 19.4 Å². The highest BCUT2D eigenvalue weighted by molar-refractivity contribution is 5.37. The van der Waals surface area contributed by atoms with Crippen molar-refractivity contribution in [1.82, 2.24) is 15.0 Å². The minimum atomic E-state index is 0.337. The molecule has 2 aromatic heterocycles. The first-order chi connectivity index (χ1) is 10.2. The zero-order valence-electron chi connectivity index (χ0n) is 12.7. The van der Waals surface area contributed by atoms with Crippen LogP contribution in [0, 0.1) is 0 Å². The van der Waals surface area contributed by atoms with E-state index in [9.17, 15) is 0 Å². The Morgan fingerprint density at radius 1 is 1.29 bits per heavy atom. The molecule has 0 aliphatic carbocycles. The maximum Gasteiger partial charge on any atom is 0.323 e. The van der Waals surface area contributed by atoms with Gasteiger partial charge in [0.15, 0.2) is 0 Å². The molecule has 0 radical (unpaired) electrons. The third kappa shape index (κ3) is 4.34. The molecule has 7 heteroatoms. The standard InChI is InChI=1S/C14H21N5O2/c1-4-8-21-14-17-12(15-5-2)16-13(18-14)19(3)10-11-7-6-9-20-11/h6-7,9H,4-5,8,10H2,1-3H3,(H,15,16,17,18). The average Bonchev–Trinajstić information content (AvgIpc) is 2.98. The van der Waals surface area contributed by atoms with Gasteiger partial charge in [-0.3, -0.25) is 0 Å². The number of furan rings is 1. The number of nitrogens with zero attached hydrogens (tertiary/aromatic N) is 4. The summed E-state index contributed by atoms with van der Waals surface area (Å²) < 4.78 is 10.9. The van der Waals surface area contributed by atoms with E-state index in [1.54, 1.807) is 6.26 Å². The molecule has 0 bridgehead atoms. The summed E-state index contributed by atoms with van der Waals surface area (Å²) in [6, 6.07) is 4.11. The summed E-state index contributed by atoms with van der Waals surface area (Å²) in [5.41, 5.74) is 0. The first-order valence-electron chi connectivity index (χ1n) is 7.09. The van der Waals surface area contributed by atoms with Gasteiger partial charge in [-0.25, -0.2) is 0 Å². The molecule has 0 fully saturated rings.